The summed E-state index contributed by atoms with van der Waals surface area (Å²) in [6.45, 7) is 6.63. The molecule has 0 aromatic heterocycles. The second kappa shape index (κ2) is 8.68. The molecule has 0 unspecified atom stereocenters. The fourth-order valence-electron chi connectivity index (χ4n) is 2.14. The minimum atomic E-state index is 0.526. The molecule has 0 atom stereocenters. The van der Waals surface area contributed by atoms with E-state index in [1.807, 2.05) is 0 Å². The van der Waals surface area contributed by atoms with Crippen LogP contribution in [0.3, 0.4) is 0 Å². The van der Waals surface area contributed by atoms with Crippen LogP contribution < -0.4 is 0 Å². The Morgan fingerprint density at radius 3 is 2.71 bits per heavy atom. The lowest BCUT2D eigenvalue weighted by atomic mass is 9.88. The van der Waals surface area contributed by atoms with Crippen LogP contribution in [-0.2, 0) is 4.74 Å². The second-order valence-corrected chi connectivity index (χ2v) is 6.91. The van der Waals surface area contributed by atoms with Crippen molar-refractivity contribution in [2.45, 2.75) is 51.7 Å². The van der Waals surface area contributed by atoms with Gasteiger partial charge in [0.1, 0.15) is 0 Å². The Hall–Kier alpha value is 0.620. The normalized spacial score (nSPS) is 24.4. The highest BCUT2D eigenvalue weighted by molar-refractivity contribution is 8.68. The maximum Gasteiger partial charge on any atom is 0.0605 e. The van der Waals surface area contributed by atoms with Crippen LogP contribution >= 0.6 is 22.5 Å². The first-order valence-corrected chi connectivity index (χ1v) is 8.75. The average molecular weight is 277 g/mol. The molecular formula is C13H27NOS2. The largest absolute Gasteiger partial charge is 0.378 e. The van der Waals surface area contributed by atoms with E-state index in [-0.39, 0.29) is 0 Å². The quantitative estimate of drug-likeness (QED) is 0.394. The third kappa shape index (κ3) is 6.37. The lowest BCUT2D eigenvalue weighted by Gasteiger charge is -2.41. The predicted molar refractivity (Wildman–Crippen MR) is 80.9 cm³/mol. The minimum Gasteiger partial charge on any atom is -0.378 e. The maximum absolute atomic E-state index is 5.87. The Bertz CT molecular complexity index is 196. The number of nitrogens with zero attached hydrogens (tertiary/aromatic N) is 1. The Balaban J connectivity index is 1.95. The Labute approximate surface area is 116 Å². The summed E-state index contributed by atoms with van der Waals surface area (Å²) in [4.78, 5) is 2.44. The van der Waals surface area contributed by atoms with Crippen molar-refractivity contribution in [1.29, 1.82) is 0 Å². The Morgan fingerprint density at radius 1 is 1.41 bits per heavy atom. The monoisotopic (exact) mass is 277 g/mol. The van der Waals surface area contributed by atoms with Gasteiger partial charge in [-0.25, -0.2) is 0 Å². The van der Waals surface area contributed by atoms with Gasteiger partial charge in [-0.2, -0.15) is 0 Å². The summed E-state index contributed by atoms with van der Waals surface area (Å²) in [5.74, 6) is 1.91. The smallest absolute Gasteiger partial charge is 0.0605 e. The molecule has 0 aromatic rings. The lowest BCUT2D eigenvalue weighted by Crippen LogP contribution is -2.47. The van der Waals surface area contributed by atoms with Crippen molar-refractivity contribution in [2.24, 2.45) is 5.92 Å². The van der Waals surface area contributed by atoms with Crippen LogP contribution in [0.4, 0.5) is 0 Å². The summed E-state index contributed by atoms with van der Waals surface area (Å²) in [5.41, 5.74) is 0. The first-order valence-electron chi connectivity index (χ1n) is 6.71. The molecule has 2 nitrogen and oxygen atoms in total. The van der Waals surface area contributed by atoms with E-state index in [0.29, 0.717) is 6.10 Å². The van der Waals surface area contributed by atoms with Crippen LogP contribution in [0.1, 0.15) is 39.5 Å². The minimum absolute atomic E-state index is 0.526. The zero-order valence-corrected chi connectivity index (χ0v) is 13.1. The van der Waals surface area contributed by atoms with Gasteiger partial charge >= 0.3 is 0 Å². The van der Waals surface area contributed by atoms with Crippen molar-refractivity contribution in [3.8, 4) is 0 Å². The van der Waals surface area contributed by atoms with Gasteiger partial charge in [-0.15, -0.1) is 11.7 Å². The molecule has 0 heterocycles. The lowest BCUT2D eigenvalue weighted by molar-refractivity contribution is -0.0453. The molecule has 1 aliphatic rings. The second-order valence-electron chi connectivity index (χ2n) is 5.47. The molecule has 0 spiro atoms. The van der Waals surface area contributed by atoms with Crippen LogP contribution in [0, 0.1) is 5.92 Å². The third-order valence-corrected chi connectivity index (χ3v) is 4.42. The molecule has 102 valence electrons. The van der Waals surface area contributed by atoms with E-state index in [9.17, 15) is 0 Å². The summed E-state index contributed by atoms with van der Waals surface area (Å²) >= 11 is 4.17. The van der Waals surface area contributed by atoms with Crippen LogP contribution in [0.2, 0.25) is 0 Å². The van der Waals surface area contributed by atoms with Crippen molar-refractivity contribution in [3.63, 3.8) is 0 Å². The van der Waals surface area contributed by atoms with E-state index in [1.54, 1.807) is 10.8 Å². The molecule has 4 heteroatoms. The molecule has 1 rings (SSSR count). The van der Waals surface area contributed by atoms with Gasteiger partial charge in [0.05, 0.1) is 6.10 Å². The first-order chi connectivity index (χ1) is 8.13. The first kappa shape index (κ1) is 15.7. The van der Waals surface area contributed by atoms with Crippen LogP contribution in [0.15, 0.2) is 0 Å². The van der Waals surface area contributed by atoms with Crippen LogP contribution in [-0.4, -0.2) is 43.0 Å². The van der Waals surface area contributed by atoms with Gasteiger partial charge in [0, 0.05) is 24.9 Å². The van der Waals surface area contributed by atoms with E-state index < -0.39 is 0 Å². The molecule has 17 heavy (non-hydrogen) atoms. The van der Waals surface area contributed by atoms with Gasteiger partial charge in [-0.05, 0) is 38.6 Å². The Kier molecular flexibility index (Phi) is 8.00. The number of hydrogen-bond acceptors (Lipinski definition) is 4. The van der Waals surface area contributed by atoms with Gasteiger partial charge in [-0.1, -0.05) is 24.6 Å². The summed E-state index contributed by atoms with van der Waals surface area (Å²) < 4.78 is 5.87. The van der Waals surface area contributed by atoms with Gasteiger partial charge in [0.15, 0.2) is 0 Å². The molecule has 0 radical (unpaired) electrons. The van der Waals surface area contributed by atoms with Gasteiger partial charge in [0.2, 0.25) is 0 Å². The molecule has 0 amide bonds. The van der Waals surface area contributed by atoms with Gasteiger partial charge in [-0.3, -0.25) is 0 Å². The molecule has 0 saturated heterocycles. The van der Waals surface area contributed by atoms with Crippen molar-refractivity contribution < 1.29 is 4.74 Å². The van der Waals surface area contributed by atoms with E-state index in [2.05, 4.69) is 37.5 Å². The number of hydrogen-bond donors (Lipinski definition) is 1. The highest BCUT2D eigenvalue weighted by Crippen LogP contribution is 2.28. The van der Waals surface area contributed by atoms with Crippen molar-refractivity contribution in [2.75, 3.05) is 26.0 Å². The van der Waals surface area contributed by atoms with Gasteiger partial charge in [0.25, 0.3) is 0 Å². The summed E-state index contributed by atoms with van der Waals surface area (Å²) in [6.07, 6.45) is 5.46. The highest BCUT2D eigenvalue weighted by atomic mass is 33.1. The Morgan fingerprint density at radius 2 is 2.12 bits per heavy atom. The highest BCUT2D eigenvalue weighted by Gasteiger charge is 2.32. The summed E-state index contributed by atoms with van der Waals surface area (Å²) in [5, 5.41) is 0. The molecule has 0 aliphatic heterocycles. The van der Waals surface area contributed by atoms with E-state index in [0.717, 1.165) is 30.9 Å². The number of rotatable bonds is 9. The van der Waals surface area contributed by atoms with Crippen LogP contribution in [0.25, 0.3) is 0 Å². The van der Waals surface area contributed by atoms with Crippen molar-refractivity contribution >= 4 is 22.5 Å². The van der Waals surface area contributed by atoms with Gasteiger partial charge < -0.3 is 9.64 Å². The summed E-state index contributed by atoms with van der Waals surface area (Å²) in [7, 11) is 3.84. The molecule has 1 fully saturated rings. The molecule has 1 aliphatic carbocycles. The molecule has 0 N–H and O–H groups in total. The molecular weight excluding hydrogens is 250 g/mol. The van der Waals surface area contributed by atoms with Crippen molar-refractivity contribution in [3.05, 3.63) is 0 Å². The summed E-state index contributed by atoms with van der Waals surface area (Å²) in [6, 6.07) is 0.741. The number of ether oxygens (including phenoxy) is 1. The van der Waals surface area contributed by atoms with Crippen LogP contribution in [0.5, 0.6) is 0 Å². The van der Waals surface area contributed by atoms with E-state index in [1.165, 1.54) is 25.7 Å². The van der Waals surface area contributed by atoms with Crippen molar-refractivity contribution in [1.82, 2.24) is 4.90 Å². The zero-order valence-electron chi connectivity index (χ0n) is 11.4. The zero-order chi connectivity index (χ0) is 12.7. The standard InChI is InChI=1S/C13H27NOS2/c1-11(2)5-4-7-15-13-9-12(10-13)14(3)6-8-17-16/h11-13,16H,4-10H2,1-3H3/t12-,13-. The fraction of sp³-hybridized carbons (Fsp3) is 1.00. The van der Waals surface area contributed by atoms with E-state index in [4.69, 9.17) is 4.74 Å². The molecule has 1 saturated carbocycles. The fourth-order valence-corrected chi connectivity index (χ4v) is 2.76. The third-order valence-electron chi connectivity index (χ3n) is 3.51. The maximum atomic E-state index is 5.87. The SMILES string of the molecule is CC(C)CCCO[C@H]1C[C@H](N(C)CCSS)C1. The van der Waals surface area contributed by atoms with E-state index >= 15 is 0 Å². The predicted octanol–water partition coefficient (Wildman–Crippen LogP) is 3.48. The number of thiol groups is 1. The topological polar surface area (TPSA) is 12.5 Å². The molecule has 0 aromatic carbocycles. The molecule has 0 bridgehead atoms. The average Bonchev–Trinajstić information content (AvgIpc) is 2.22.